The first-order valence-electron chi connectivity index (χ1n) is 10.0. The largest absolute Gasteiger partial charge is 0.494 e. The molecular formula is C22H22N4O4S. The van der Waals surface area contributed by atoms with Gasteiger partial charge >= 0.3 is 0 Å². The van der Waals surface area contributed by atoms with Gasteiger partial charge in [0.15, 0.2) is 0 Å². The van der Waals surface area contributed by atoms with Crippen molar-refractivity contribution in [3.63, 3.8) is 0 Å². The Kier molecular flexibility index (Phi) is 6.13. The molecule has 0 aliphatic carbocycles. The first-order valence-corrected chi connectivity index (χ1v) is 10.9. The highest BCUT2D eigenvalue weighted by Gasteiger charge is 2.24. The minimum atomic E-state index is -0.407. The SMILES string of the molecule is CCOc1ccc(-c2nc(C(=O)N3CCN(c4ccc([N+](=O)[O-])cc4)CC3)cs2)cc1. The summed E-state index contributed by atoms with van der Waals surface area (Å²) in [4.78, 5) is 31.8. The molecule has 2 aromatic carbocycles. The van der Waals surface area contributed by atoms with Gasteiger partial charge in [0.25, 0.3) is 11.6 Å². The van der Waals surface area contributed by atoms with Crippen molar-refractivity contribution < 1.29 is 14.5 Å². The van der Waals surface area contributed by atoms with Crippen LogP contribution in [-0.2, 0) is 0 Å². The highest BCUT2D eigenvalue weighted by molar-refractivity contribution is 7.13. The van der Waals surface area contributed by atoms with E-state index in [2.05, 4.69) is 9.88 Å². The van der Waals surface area contributed by atoms with Crippen molar-refractivity contribution in [2.75, 3.05) is 37.7 Å². The van der Waals surface area contributed by atoms with E-state index in [1.54, 1.807) is 22.4 Å². The Morgan fingerprint density at radius 1 is 1.10 bits per heavy atom. The molecule has 0 spiro atoms. The second-order valence-electron chi connectivity index (χ2n) is 7.05. The highest BCUT2D eigenvalue weighted by atomic mass is 32.1. The molecule has 1 aromatic heterocycles. The van der Waals surface area contributed by atoms with Gasteiger partial charge in [-0.3, -0.25) is 14.9 Å². The number of aromatic nitrogens is 1. The van der Waals surface area contributed by atoms with E-state index in [4.69, 9.17) is 4.74 Å². The fourth-order valence-corrected chi connectivity index (χ4v) is 4.28. The average Bonchev–Trinajstić information content (AvgIpc) is 3.30. The summed E-state index contributed by atoms with van der Waals surface area (Å²) >= 11 is 1.45. The zero-order chi connectivity index (χ0) is 21.8. The summed E-state index contributed by atoms with van der Waals surface area (Å²) in [7, 11) is 0. The van der Waals surface area contributed by atoms with Gasteiger partial charge in [-0.2, -0.15) is 0 Å². The van der Waals surface area contributed by atoms with E-state index in [1.165, 1.54) is 23.5 Å². The molecule has 1 aliphatic heterocycles. The first kappa shape index (κ1) is 20.8. The Morgan fingerprint density at radius 3 is 2.39 bits per heavy atom. The van der Waals surface area contributed by atoms with Crippen LogP contribution < -0.4 is 9.64 Å². The molecule has 160 valence electrons. The smallest absolute Gasteiger partial charge is 0.273 e. The zero-order valence-corrected chi connectivity index (χ0v) is 17.9. The molecule has 1 amide bonds. The molecular weight excluding hydrogens is 416 g/mol. The first-order chi connectivity index (χ1) is 15.0. The van der Waals surface area contributed by atoms with Gasteiger partial charge in [0.05, 0.1) is 11.5 Å². The number of ether oxygens (including phenoxy) is 1. The number of amides is 1. The second kappa shape index (κ2) is 9.13. The lowest BCUT2D eigenvalue weighted by atomic mass is 10.2. The number of nitro groups is 1. The summed E-state index contributed by atoms with van der Waals surface area (Å²) in [5, 5.41) is 13.4. The quantitative estimate of drug-likeness (QED) is 0.426. The number of non-ortho nitro benzene ring substituents is 1. The normalized spacial score (nSPS) is 13.8. The number of piperazine rings is 1. The fourth-order valence-electron chi connectivity index (χ4n) is 3.48. The summed E-state index contributed by atoms with van der Waals surface area (Å²) < 4.78 is 5.46. The van der Waals surface area contributed by atoms with Crippen LogP contribution in [0, 0.1) is 10.1 Å². The van der Waals surface area contributed by atoms with Crippen molar-refractivity contribution in [2.24, 2.45) is 0 Å². The molecule has 1 aliphatic rings. The lowest BCUT2D eigenvalue weighted by Gasteiger charge is -2.35. The van der Waals surface area contributed by atoms with E-state index in [0.717, 1.165) is 22.0 Å². The van der Waals surface area contributed by atoms with Crippen LogP contribution >= 0.6 is 11.3 Å². The van der Waals surface area contributed by atoms with Gasteiger partial charge in [-0.05, 0) is 43.3 Å². The van der Waals surface area contributed by atoms with Crippen LogP contribution in [0.4, 0.5) is 11.4 Å². The fraction of sp³-hybridized carbons (Fsp3) is 0.273. The Labute approximate surface area is 183 Å². The standard InChI is InChI=1S/C22H22N4O4S/c1-2-30-19-9-3-16(4-10-19)21-23-20(15-31-21)22(27)25-13-11-24(12-14-25)17-5-7-18(8-6-17)26(28)29/h3-10,15H,2,11-14H2,1H3. The lowest BCUT2D eigenvalue weighted by Crippen LogP contribution is -2.48. The molecule has 0 bridgehead atoms. The second-order valence-corrected chi connectivity index (χ2v) is 7.91. The molecule has 2 heterocycles. The van der Waals surface area contributed by atoms with Gasteiger partial charge in [-0.25, -0.2) is 4.98 Å². The Hall–Kier alpha value is -3.46. The third-order valence-electron chi connectivity index (χ3n) is 5.13. The average molecular weight is 439 g/mol. The monoisotopic (exact) mass is 438 g/mol. The number of hydrogen-bond donors (Lipinski definition) is 0. The number of thiazole rings is 1. The Bertz CT molecular complexity index is 1060. The van der Waals surface area contributed by atoms with Crippen LogP contribution in [0.3, 0.4) is 0 Å². The third kappa shape index (κ3) is 4.66. The molecule has 0 atom stereocenters. The van der Waals surface area contributed by atoms with Crippen molar-refractivity contribution in [3.05, 3.63) is 69.7 Å². The maximum Gasteiger partial charge on any atom is 0.273 e. The van der Waals surface area contributed by atoms with Crippen molar-refractivity contribution >= 4 is 28.6 Å². The maximum atomic E-state index is 12.9. The molecule has 31 heavy (non-hydrogen) atoms. The number of nitrogens with zero attached hydrogens (tertiary/aromatic N) is 4. The number of rotatable bonds is 6. The van der Waals surface area contributed by atoms with Gasteiger partial charge in [-0.1, -0.05) is 0 Å². The van der Waals surface area contributed by atoms with Gasteiger partial charge in [-0.15, -0.1) is 11.3 Å². The number of anilines is 1. The summed E-state index contributed by atoms with van der Waals surface area (Å²) in [6.45, 7) is 5.04. The summed E-state index contributed by atoms with van der Waals surface area (Å²) in [5.41, 5.74) is 2.40. The molecule has 1 saturated heterocycles. The highest BCUT2D eigenvalue weighted by Crippen LogP contribution is 2.27. The number of carbonyl (C=O) groups is 1. The molecule has 0 unspecified atom stereocenters. The predicted octanol–water partition coefficient (Wildman–Crippen LogP) is 4.08. The molecule has 9 heteroatoms. The Balaban J connectivity index is 1.37. The van der Waals surface area contributed by atoms with Crippen molar-refractivity contribution in [3.8, 4) is 16.3 Å². The lowest BCUT2D eigenvalue weighted by molar-refractivity contribution is -0.384. The number of nitro benzene ring substituents is 1. The van der Waals surface area contributed by atoms with Crippen LogP contribution in [0.25, 0.3) is 10.6 Å². The van der Waals surface area contributed by atoms with E-state index in [9.17, 15) is 14.9 Å². The molecule has 0 radical (unpaired) electrons. The molecule has 0 N–H and O–H groups in total. The maximum absolute atomic E-state index is 12.9. The van der Waals surface area contributed by atoms with E-state index >= 15 is 0 Å². The summed E-state index contributed by atoms with van der Waals surface area (Å²) in [5.74, 6) is 0.738. The Morgan fingerprint density at radius 2 is 1.77 bits per heavy atom. The van der Waals surface area contributed by atoms with Crippen LogP contribution in [-0.4, -0.2) is 53.5 Å². The van der Waals surface area contributed by atoms with Crippen molar-refractivity contribution in [1.82, 2.24) is 9.88 Å². The number of benzene rings is 2. The van der Waals surface area contributed by atoms with Gasteiger partial charge in [0.1, 0.15) is 16.5 Å². The summed E-state index contributed by atoms with van der Waals surface area (Å²) in [6, 6.07) is 14.2. The van der Waals surface area contributed by atoms with Gasteiger partial charge in [0.2, 0.25) is 0 Å². The van der Waals surface area contributed by atoms with Gasteiger partial charge in [0, 0.05) is 54.9 Å². The van der Waals surface area contributed by atoms with Crippen LogP contribution in [0.15, 0.2) is 53.9 Å². The molecule has 8 nitrogen and oxygen atoms in total. The van der Waals surface area contributed by atoms with E-state index in [1.807, 2.05) is 31.2 Å². The zero-order valence-electron chi connectivity index (χ0n) is 17.1. The van der Waals surface area contributed by atoms with Crippen LogP contribution in [0.1, 0.15) is 17.4 Å². The topological polar surface area (TPSA) is 88.8 Å². The minimum Gasteiger partial charge on any atom is -0.494 e. The van der Waals surface area contributed by atoms with E-state index in [0.29, 0.717) is 38.5 Å². The van der Waals surface area contributed by atoms with Gasteiger partial charge < -0.3 is 14.5 Å². The number of carbonyl (C=O) groups excluding carboxylic acids is 1. The van der Waals surface area contributed by atoms with Crippen molar-refractivity contribution in [2.45, 2.75) is 6.92 Å². The van der Waals surface area contributed by atoms with E-state index < -0.39 is 4.92 Å². The van der Waals surface area contributed by atoms with Crippen molar-refractivity contribution in [1.29, 1.82) is 0 Å². The van der Waals surface area contributed by atoms with E-state index in [-0.39, 0.29) is 11.6 Å². The molecule has 3 aromatic rings. The third-order valence-corrected chi connectivity index (χ3v) is 6.02. The minimum absolute atomic E-state index is 0.0724. The summed E-state index contributed by atoms with van der Waals surface area (Å²) in [6.07, 6.45) is 0. The number of hydrogen-bond acceptors (Lipinski definition) is 7. The molecule has 0 saturated carbocycles. The van der Waals surface area contributed by atoms with Crippen LogP contribution in [0.2, 0.25) is 0 Å². The molecule has 1 fully saturated rings. The van der Waals surface area contributed by atoms with Crippen LogP contribution in [0.5, 0.6) is 5.75 Å². The predicted molar refractivity (Wildman–Crippen MR) is 120 cm³/mol. The molecule has 4 rings (SSSR count).